The van der Waals surface area contributed by atoms with Gasteiger partial charge in [0.15, 0.2) is 0 Å². The minimum absolute atomic E-state index is 0.129. The number of benzene rings is 2. The summed E-state index contributed by atoms with van der Waals surface area (Å²) >= 11 is 6.53. The Morgan fingerprint density at radius 3 is 2.43 bits per heavy atom. The maximum absolute atomic E-state index is 11.1. The first kappa shape index (κ1) is 15.9. The average Bonchev–Trinajstić information content (AvgIpc) is 2.42. The first-order chi connectivity index (χ1) is 9.88. The van der Waals surface area contributed by atoms with E-state index >= 15 is 0 Å². The number of ether oxygens (including phenoxy) is 1. The predicted octanol–water partition coefficient (Wildman–Crippen LogP) is 4.97. The Labute approximate surface area is 138 Å². The number of nitro groups is 1. The second kappa shape index (κ2) is 6.55. The summed E-state index contributed by atoms with van der Waals surface area (Å²) in [5.74, 6) is 0.582. The number of aliphatic hydroxyl groups excluding tert-OH is 1. The molecule has 0 aliphatic rings. The molecule has 0 radical (unpaired) electrons. The van der Waals surface area contributed by atoms with Crippen molar-refractivity contribution in [1.29, 1.82) is 0 Å². The Bertz CT molecular complexity index is 689. The molecule has 110 valence electrons. The van der Waals surface area contributed by atoms with E-state index in [9.17, 15) is 15.2 Å². The van der Waals surface area contributed by atoms with Crippen molar-refractivity contribution in [3.05, 3.63) is 61.0 Å². The lowest BCUT2D eigenvalue weighted by atomic mass is 10.1. The van der Waals surface area contributed by atoms with Crippen molar-refractivity contribution in [2.24, 2.45) is 0 Å². The van der Waals surface area contributed by atoms with Crippen LogP contribution in [0.4, 0.5) is 5.69 Å². The second-order valence-corrected chi connectivity index (χ2v) is 6.11. The maximum atomic E-state index is 11.1. The fourth-order valence-electron chi connectivity index (χ4n) is 1.70. The number of nitro benzene ring substituents is 1. The van der Waals surface area contributed by atoms with Crippen LogP contribution >= 0.6 is 31.9 Å². The molecular formula is C14H11Br2NO4. The fourth-order valence-corrected chi connectivity index (χ4v) is 2.52. The molecular weight excluding hydrogens is 406 g/mol. The van der Waals surface area contributed by atoms with Crippen LogP contribution in [0, 0.1) is 10.1 Å². The van der Waals surface area contributed by atoms with E-state index in [0.717, 1.165) is 5.56 Å². The maximum Gasteiger partial charge on any atom is 0.312 e. The van der Waals surface area contributed by atoms with Crippen molar-refractivity contribution in [2.75, 3.05) is 0 Å². The van der Waals surface area contributed by atoms with E-state index in [2.05, 4.69) is 31.9 Å². The fraction of sp³-hybridized carbons (Fsp3) is 0.143. The topological polar surface area (TPSA) is 72.6 Å². The van der Waals surface area contributed by atoms with Gasteiger partial charge in [0.1, 0.15) is 5.75 Å². The molecule has 0 heterocycles. The third kappa shape index (κ3) is 3.81. The molecule has 2 rings (SSSR count). The summed E-state index contributed by atoms with van der Waals surface area (Å²) in [5.41, 5.74) is 0.593. The molecule has 0 aliphatic heterocycles. The number of aliphatic hydroxyl groups is 1. The summed E-state index contributed by atoms with van der Waals surface area (Å²) < 4.78 is 6.81. The predicted molar refractivity (Wildman–Crippen MR) is 85.6 cm³/mol. The number of hydrogen-bond acceptors (Lipinski definition) is 4. The molecule has 0 saturated heterocycles. The Morgan fingerprint density at radius 2 is 1.86 bits per heavy atom. The van der Waals surface area contributed by atoms with Gasteiger partial charge in [-0.2, -0.15) is 0 Å². The highest BCUT2D eigenvalue weighted by atomic mass is 79.9. The van der Waals surface area contributed by atoms with E-state index in [1.165, 1.54) is 12.1 Å². The van der Waals surface area contributed by atoms with Gasteiger partial charge in [-0.1, -0.05) is 22.0 Å². The van der Waals surface area contributed by atoms with Gasteiger partial charge in [0.2, 0.25) is 5.75 Å². The zero-order chi connectivity index (χ0) is 15.6. The summed E-state index contributed by atoms with van der Waals surface area (Å²) in [7, 11) is 0. The minimum atomic E-state index is -0.600. The third-order valence-electron chi connectivity index (χ3n) is 2.78. The molecule has 2 aromatic rings. The highest BCUT2D eigenvalue weighted by Gasteiger charge is 2.17. The Kier molecular flexibility index (Phi) is 4.97. The van der Waals surface area contributed by atoms with E-state index in [0.29, 0.717) is 14.7 Å². The van der Waals surface area contributed by atoms with Crippen LogP contribution in [0.25, 0.3) is 0 Å². The van der Waals surface area contributed by atoms with Crippen molar-refractivity contribution in [2.45, 2.75) is 13.0 Å². The molecule has 0 spiro atoms. The Balaban J connectivity index is 2.37. The SMILES string of the molecule is C[C@@H](O)c1ccc(Oc2ccc(Br)cc2[N+](=O)[O-])c(Br)c1. The molecule has 1 atom stereocenters. The largest absolute Gasteiger partial charge is 0.449 e. The third-order valence-corrected chi connectivity index (χ3v) is 3.89. The second-order valence-electron chi connectivity index (χ2n) is 4.34. The van der Waals surface area contributed by atoms with Gasteiger partial charge in [-0.25, -0.2) is 0 Å². The van der Waals surface area contributed by atoms with Crippen LogP contribution in [0.2, 0.25) is 0 Å². The van der Waals surface area contributed by atoms with Gasteiger partial charge in [0.05, 0.1) is 15.5 Å². The van der Waals surface area contributed by atoms with E-state index in [1.807, 2.05) is 0 Å². The van der Waals surface area contributed by atoms with Crippen LogP contribution in [-0.4, -0.2) is 10.0 Å². The van der Waals surface area contributed by atoms with Gasteiger partial charge in [-0.15, -0.1) is 0 Å². The van der Waals surface area contributed by atoms with Crippen molar-refractivity contribution >= 4 is 37.5 Å². The molecule has 0 fully saturated rings. The number of hydrogen-bond donors (Lipinski definition) is 1. The molecule has 0 unspecified atom stereocenters. The molecule has 0 saturated carbocycles. The van der Waals surface area contributed by atoms with E-state index in [1.54, 1.807) is 31.2 Å². The van der Waals surface area contributed by atoms with Gasteiger partial charge in [-0.05, 0) is 52.7 Å². The van der Waals surface area contributed by atoms with Crippen molar-refractivity contribution in [3.63, 3.8) is 0 Å². The Morgan fingerprint density at radius 1 is 1.19 bits per heavy atom. The normalized spacial score (nSPS) is 12.0. The summed E-state index contributed by atoms with van der Waals surface area (Å²) in [6.07, 6.45) is -0.600. The van der Waals surface area contributed by atoms with Gasteiger partial charge >= 0.3 is 5.69 Å². The summed E-state index contributed by atoms with van der Waals surface area (Å²) in [6, 6.07) is 9.64. The molecule has 1 N–H and O–H groups in total. The number of halogens is 2. The van der Waals surface area contributed by atoms with Gasteiger partial charge < -0.3 is 9.84 Å². The first-order valence-electron chi connectivity index (χ1n) is 5.98. The van der Waals surface area contributed by atoms with Crippen molar-refractivity contribution < 1.29 is 14.8 Å². The lowest BCUT2D eigenvalue weighted by Gasteiger charge is -2.11. The van der Waals surface area contributed by atoms with E-state index < -0.39 is 11.0 Å². The van der Waals surface area contributed by atoms with Crippen molar-refractivity contribution in [3.8, 4) is 11.5 Å². The molecule has 0 bridgehead atoms. The van der Waals surface area contributed by atoms with Crippen LogP contribution in [0.15, 0.2) is 45.3 Å². The summed E-state index contributed by atoms with van der Waals surface area (Å²) in [5, 5.41) is 20.6. The monoisotopic (exact) mass is 415 g/mol. The van der Waals surface area contributed by atoms with Crippen molar-refractivity contribution in [1.82, 2.24) is 0 Å². The quantitative estimate of drug-likeness (QED) is 0.564. The zero-order valence-corrected chi connectivity index (χ0v) is 14.1. The molecule has 0 aliphatic carbocycles. The number of nitrogens with zero attached hydrogens (tertiary/aromatic N) is 1. The average molecular weight is 417 g/mol. The number of rotatable bonds is 4. The van der Waals surface area contributed by atoms with E-state index in [4.69, 9.17) is 4.74 Å². The van der Waals surface area contributed by atoms with E-state index in [-0.39, 0.29) is 11.4 Å². The lowest BCUT2D eigenvalue weighted by molar-refractivity contribution is -0.385. The molecule has 0 amide bonds. The van der Waals surface area contributed by atoms with Gasteiger partial charge in [0, 0.05) is 10.5 Å². The Hall–Kier alpha value is -1.44. The zero-order valence-electron chi connectivity index (χ0n) is 10.9. The van der Waals surface area contributed by atoms with Crippen LogP contribution < -0.4 is 4.74 Å². The minimum Gasteiger partial charge on any atom is -0.449 e. The van der Waals surface area contributed by atoms with Crippen LogP contribution in [-0.2, 0) is 0 Å². The standard InChI is InChI=1S/C14H11Br2NO4/c1-8(18)9-2-4-13(11(16)6-9)21-14-5-3-10(15)7-12(14)17(19)20/h2-8,18H,1H3/t8-/m1/s1. The van der Waals surface area contributed by atoms with Gasteiger partial charge in [0.25, 0.3) is 0 Å². The van der Waals surface area contributed by atoms with Gasteiger partial charge in [-0.3, -0.25) is 10.1 Å². The molecule has 7 heteroatoms. The lowest BCUT2D eigenvalue weighted by Crippen LogP contribution is -1.95. The smallest absolute Gasteiger partial charge is 0.312 e. The van der Waals surface area contributed by atoms with Crippen LogP contribution in [0.5, 0.6) is 11.5 Å². The summed E-state index contributed by atoms with van der Waals surface area (Å²) in [6.45, 7) is 1.65. The van der Waals surface area contributed by atoms with Crippen LogP contribution in [0.1, 0.15) is 18.6 Å². The summed E-state index contributed by atoms with van der Waals surface area (Å²) in [4.78, 5) is 10.6. The first-order valence-corrected chi connectivity index (χ1v) is 7.56. The van der Waals surface area contributed by atoms with Crippen LogP contribution in [0.3, 0.4) is 0 Å². The molecule has 0 aromatic heterocycles. The molecule has 2 aromatic carbocycles. The highest BCUT2D eigenvalue weighted by molar-refractivity contribution is 9.10. The molecule has 5 nitrogen and oxygen atoms in total. The highest BCUT2D eigenvalue weighted by Crippen LogP contribution is 2.37. The molecule has 21 heavy (non-hydrogen) atoms.